The van der Waals surface area contributed by atoms with Gasteiger partial charge in [0.1, 0.15) is 0 Å². The second kappa shape index (κ2) is 4.17. The Kier molecular flexibility index (Phi) is 3.10. The molecule has 1 aliphatic heterocycles. The minimum absolute atomic E-state index is 0.244. The molecule has 0 aromatic rings. The molecule has 0 aromatic carbocycles. The Labute approximate surface area is 85.7 Å². The van der Waals surface area contributed by atoms with Crippen molar-refractivity contribution < 1.29 is 10.2 Å². The van der Waals surface area contributed by atoms with Crippen LogP contribution in [0.15, 0.2) is 0 Å². The zero-order valence-corrected chi connectivity index (χ0v) is 8.78. The first-order valence-corrected chi connectivity index (χ1v) is 5.75. The summed E-state index contributed by atoms with van der Waals surface area (Å²) < 4.78 is 0. The summed E-state index contributed by atoms with van der Waals surface area (Å²) in [6.07, 6.45) is 5.20. The average molecular weight is 199 g/mol. The van der Waals surface area contributed by atoms with Crippen molar-refractivity contribution in [2.75, 3.05) is 32.8 Å². The SMILES string of the molecule is OCCN1C[C@@H](CO)C2(CCCC2)C1. The Bertz CT molecular complexity index is 190. The van der Waals surface area contributed by atoms with Crippen molar-refractivity contribution in [1.29, 1.82) is 0 Å². The van der Waals surface area contributed by atoms with Crippen molar-refractivity contribution in [3.05, 3.63) is 0 Å². The van der Waals surface area contributed by atoms with Crippen LogP contribution in [-0.4, -0.2) is 48.0 Å². The first kappa shape index (κ1) is 10.4. The minimum Gasteiger partial charge on any atom is -0.396 e. The van der Waals surface area contributed by atoms with E-state index in [1.165, 1.54) is 25.7 Å². The molecular weight excluding hydrogens is 178 g/mol. The number of aliphatic hydroxyl groups excluding tert-OH is 2. The van der Waals surface area contributed by atoms with Gasteiger partial charge in [-0.3, -0.25) is 0 Å². The predicted octanol–water partition coefficient (Wildman–Crippen LogP) is 0.463. The molecule has 14 heavy (non-hydrogen) atoms. The van der Waals surface area contributed by atoms with Gasteiger partial charge in [-0.2, -0.15) is 0 Å². The van der Waals surface area contributed by atoms with Crippen molar-refractivity contribution in [3.8, 4) is 0 Å². The van der Waals surface area contributed by atoms with E-state index in [-0.39, 0.29) is 6.61 Å². The first-order chi connectivity index (χ1) is 6.80. The number of hydrogen-bond acceptors (Lipinski definition) is 3. The molecule has 0 radical (unpaired) electrons. The van der Waals surface area contributed by atoms with Gasteiger partial charge in [0.15, 0.2) is 0 Å². The Morgan fingerprint density at radius 2 is 1.93 bits per heavy atom. The van der Waals surface area contributed by atoms with Crippen LogP contribution in [0.25, 0.3) is 0 Å². The lowest BCUT2D eigenvalue weighted by molar-refractivity contribution is 0.137. The number of rotatable bonds is 3. The highest BCUT2D eigenvalue weighted by Gasteiger charge is 2.47. The predicted molar refractivity (Wildman–Crippen MR) is 55.0 cm³/mol. The Morgan fingerprint density at radius 1 is 1.21 bits per heavy atom. The number of hydrogen-bond donors (Lipinski definition) is 2. The van der Waals surface area contributed by atoms with Gasteiger partial charge in [-0.05, 0) is 18.3 Å². The highest BCUT2D eigenvalue weighted by molar-refractivity contribution is 4.98. The lowest BCUT2D eigenvalue weighted by Gasteiger charge is -2.28. The Hall–Kier alpha value is -0.120. The van der Waals surface area contributed by atoms with Gasteiger partial charge < -0.3 is 15.1 Å². The van der Waals surface area contributed by atoms with Gasteiger partial charge in [0.05, 0.1) is 6.61 Å². The van der Waals surface area contributed by atoms with Gasteiger partial charge in [-0.25, -0.2) is 0 Å². The van der Waals surface area contributed by atoms with Gasteiger partial charge in [-0.1, -0.05) is 12.8 Å². The molecule has 0 amide bonds. The van der Waals surface area contributed by atoms with E-state index >= 15 is 0 Å². The lowest BCUT2D eigenvalue weighted by Crippen LogP contribution is -2.29. The molecule has 1 atom stereocenters. The topological polar surface area (TPSA) is 43.7 Å². The van der Waals surface area contributed by atoms with Crippen LogP contribution >= 0.6 is 0 Å². The zero-order chi connectivity index (χ0) is 10.0. The first-order valence-electron chi connectivity index (χ1n) is 5.75. The van der Waals surface area contributed by atoms with Gasteiger partial charge in [-0.15, -0.1) is 0 Å². The molecule has 2 rings (SSSR count). The largest absolute Gasteiger partial charge is 0.396 e. The van der Waals surface area contributed by atoms with E-state index < -0.39 is 0 Å². The highest BCUT2D eigenvalue weighted by atomic mass is 16.3. The molecule has 2 fully saturated rings. The summed E-state index contributed by atoms with van der Waals surface area (Å²) in [5.74, 6) is 0.455. The van der Waals surface area contributed by atoms with E-state index in [0.717, 1.165) is 19.6 Å². The van der Waals surface area contributed by atoms with Crippen LogP contribution < -0.4 is 0 Å². The quantitative estimate of drug-likeness (QED) is 0.694. The summed E-state index contributed by atoms with van der Waals surface area (Å²) in [4.78, 5) is 2.31. The molecule has 1 heterocycles. The van der Waals surface area contributed by atoms with Crippen LogP contribution in [0.5, 0.6) is 0 Å². The van der Waals surface area contributed by atoms with Crippen LogP contribution in [0.1, 0.15) is 25.7 Å². The lowest BCUT2D eigenvalue weighted by atomic mass is 9.77. The van der Waals surface area contributed by atoms with Gasteiger partial charge in [0.2, 0.25) is 0 Å². The van der Waals surface area contributed by atoms with E-state index in [1.54, 1.807) is 0 Å². The fourth-order valence-corrected chi connectivity index (χ4v) is 3.35. The number of β-amino-alcohol motifs (C(OH)–C–C–N with tert-alkyl or cyclic N) is 1. The molecule has 1 aliphatic carbocycles. The molecule has 0 aromatic heterocycles. The van der Waals surface area contributed by atoms with Gasteiger partial charge in [0.25, 0.3) is 0 Å². The van der Waals surface area contributed by atoms with Crippen molar-refractivity contribution in [2.24, 2.45) is 11.3 Å². The highest BCUT2D eigenvalue weighted by Crippen LogP contribution is 2.48. The summed E-state index contributed by atoms with van der Waals surface area (Å²) in [7, 11) is 0. The molecule has 2 aliphatic rings. The second-order valence-corrected chi connectivity index (χ2v) is 4.91. The molecule has 3 heteroatoms. The molecule has 0 unspecified atom stereocenters. The second-order valence-electron chi connectivity index (χ2n) is 4.91. The van der Waals surface area contributed by atoms with Gasteiger partial charge in [0, 0.05) is 32.2 Å². The van der Waals surface area contributed by atoms with Crippen molar-refractivity contribution in [3.63, 3.8) is 0 Å². The van der Waals surface area contributed by atoms with Crippen LogP contribution in [0.4, 0.5) is 0 Å². The molecule has 1 saturated carbocycles. The zero-order valence-electron chi connectivity index (χ0n) is 8.78. The summed E-state index contributed by atoms with van der Waals surface area (Å²) in [6, 6.07) is 0. The molecule has 2 N–H and O–H groups in total. The molecule has 0 bridgehead atoms. The maximum atomic E-state index is 9.39. The van der Waals surface area contributed by atoms with E-state index in [9.17, 15) is 5.11 Å². The maximum absolute atomic E-state index is 9.39. The van der Waals surface area contributed by atoms with Crippen LogP contribution in [0.3, 0.4) is 0 Å². The third-order valence-corrected chi connectivity index (χ3v) is 4.12. The van der Waals surface area contributed by atoms with Crippen LogP contribution in [0, 0.1) is 11.3 Å². The normalized spacial score (nSPS) is 31.7. The van der Waals surface area contributed by atoms with Crippen molar-refractivity contribution in [1.82, 2.24) is 4.90 Å². The van der Waals surface area contributed by atoms with Crippen molar-refractivity contribution in [2.45, 2.75) is 25.7 Å². The van der Waals surface area contributed by atoms with Crippen molar-refractivity contribution >= 4 is 0 Å². The number of nitrogens with zero attached hydrogens (tertiary/aromatic N) is 1. The molecule has 1 saturated heterocycles. The fourth-order valence-electron chi connectivity index (χ4n) is 3.35. The summed E-state index contributed by atoms with van der Waals surface area (Å²) in [5, 5.41) is 18.3. The third kappa shape index (κ3) is 1.69. The van der Waals surface area contributed by atoms with E-state index in [2.05, 4.69) is 4.90 Å². The van der Waals surface area contributed by atoms with Crippen LogP contribution in [0.2, 0.25) is 0 Å². The molecule has 3 nitrogen and oxygen atoms in total. The van der Waals surface area contributed by atoms with Crippen LogP contribution in [-0.2, 0) is 0 Å². The molecular formula is C11H21NO2. The fraction of sp³-hybridized carbons (Fsp3) is 1.00. The Morgan fingerprint density at radius 3 is 2.50 bits per heavy atom. The van der Waals surface area contributed by atoms with Gasteiger partial charge >= 0.3 is 0 Å². The standard InChI is InChI=1S/C11H21NO2/c13-6-5-12-7-10(8-14)11(9-12)3-1-2-4-11/h10,13-14H,1-9H2/t10-/m0/s1. The number of aliphatic hydroxyl groups is 2. The summed E-state index contributed by atoms with van der Waals surface area (Å²) in [6.45, 7) is 3.42. The summed E-state index contributed by atoms with van der Waals surface area (Å²) in [5.41, 5.74) is 0.393. The molecule has 1 spiro atoms. The maximum Gasteiger partial charge on any atom is 0.0558 e. The summed E-state index contributed by atoms with van der Waals surface area (Å²) >= 11 is 0. The molecule has 82 valence electrons. The number of likely N-dealkylation sites (tertiary alicyclic amines) is 1. The monoisotopic (exact) mass is 199 g/mol. The van der Waals surface area contributed by atoms with E-state index in [0.29, 0.717) is 17.9 Å². The average Bonchev–Trinajstić information content (AvgIpc) is 2.76. The smallest absolute Gasteiger partial charge is 0.0558 e. The van der Waals surface area contributed by atoms with E-state index in [4.69, 9.17) is 5.11 Å². The minimum atomic E-state index is 0.244. The Balaban J connectivity index is 2.01. The third-order valence-electron chi connectivity index (χ3n) is 4.12. The van der Waals surface area contributed by atoms with E-state index in [1.807, 2.05) is 0 Å².